The van der Waals surface area contributed by atoms with Crippen LogP contribution in [0.1, 0.15) is 89.3 Å². The molecule has 2 aliphatic heterocycles. The fraction of sp³-hybridized carbons (Fsp3) is 0.543. The number of aromatic nitrogens is 2. The van der Waals surface area contributed by atoms with Gasteiger partial charge in [-0.05, 0) is 111 Å². The van der Waals surface area contributed by atoms with Crippen LogP contribution in [0, 0.1) is 5.92 Å². The number of carbonyl (C=O) groups excluding carboxylic acids is 3. The molecule has 11 heteroatoms. The van der Waals surface area contributed by atoms with Gasteiger partial charge in [-0.2, -0.15) is 0 Å². The number of hydrogen-bond donors (Lipinski definition) is 2. The summed E-state index contributed by atoms with van der Waals surface area (Å²) in [4.78, 5) is 53.1. The van der Waals surface area contributed by atoms with Gasteiger partial charge in [0.2, 0.25) is 0 Å². The number of fused-ring (bicyclic) bond motifs is 1. The van der Waals surface area contributed by atoms with Gasteiger partial charge in [0.05, 0.1) is 5.52 Å². The van der Waals surface area contributed by atoms with E-state index in [1.165, 1.54) is 6.42 Å². The van der Waals surface area contributed by atoms with Crippen LogP contribution in [0.2, 0.25) is 0 Å². The van der Waals surface area contributed by atoms with Gasteiger partial charge in [-0.25, -0.2) is 14.6 Å². The first-order valence-electron chi connectivity index (χ1n) is 16.2. The number of H-pyrrole nitrogens is 1. The maximum atomic E-state index is 13.5. The molecule has 11 nitrogen and oxygen atoms in total. The van der Waals surface area contributed by atoms with Gasteiger partial charge in [-0.3, -0.25) is 14.6 Å². The number of anilines is 2. The van der Waals surface area contributed by atoms with Crippen LogP contribution in [0.15, 0.2) is 42.6 Å². The second-order valence-corrected chi connectivity index (χ2v) is 14.5. The summed E-state index contributed by atoms with van der Waals surface area (Å²) in [5.74, 6) is 0.247. The molecule has 2 fully saturated rings. The minimum Gasteiger partial charge on any atom is -0.444 e. The molecule has 46 heavy (non-hydrogen) atoms. The van der Waals surface area contributed by atoms with Crippen LogP contribution in [0.25, 0.3) is 10.9 Å². The van der Waals surface area contributed by atoms with Crippen LogP contribution >= 0.6 is 0 Å². The fourth-order valence-corrected chi connectivity index (χ4v) is 6.09. The first-order chi connectivity index (χ1) is 21.6. The molecule has 2 N–H and O–H groups in total. The Balaban J connectivity index is 1.29. The summed E-state index contributed by atoms with van der Waals surface area (Å²) in [5.41, 5.74) is 1.79. The molecule has 1 atom stereocenters. The molecule has 248 valence electrons. The van der Waals surface area contributed by atoms with Crippen LogP contribution in [-0.4, -0.2) is 82.3 Å². The molecule has 2 aliphatic rings. The molecule has 3 amide bonds. The summed E-state index contributed by atoms with van der Waals surface area (Å²) in [5, 5.41) is 3.92. The number of rotatable bonds is 6. The lowest BCUT2D eigenvalue weighted by Crippen LogP contribution is -2.45. The molecule has 3 aromatic rings. The number of amides is 3. The normalized spacial score (nSPS) is 18.1. The molecule has 1 aromatic carbocycles. The lowest BCUT2D eigenvalue weighted by molar-refractivity contribution is 0.0182. The third-order valence-corrected chi connectivity index (χ3v) is 8.39. The number of hydrogen-bond acceptors (Lipinski definition) is 7. The predicted octanol–water partition coefficient (Wildman–Crippen LogP) is 6.97. The van der Waals surface area contributed by atoms with Crippen molar-refractivity contribution in [1.82, 2.24) is 19.8 Å². The molecule has 0 bridgehead atoms. The van der Waals surface area contributed by atoms with Crippen molar-refractivity contribution in [2.45, 2.75) is 84.5 Å². The Kier molecular flexibility index (Phi) is 9.62. The first kappa shape index (κ1) is 33.2. The summed E-state index contributed by atoms with van der Waals surface area (Å²) in [6, 6.07) is 11.3. The van der Waals surface area contributed by atoms with Crippen LogP contribution in [0.4, 0.5) is 21.1 Å². The van der Waals surface area contributed by atoms with E-state index in [0.29, 0.717) is 55.6 Å². The molecule has 4 heterocycles. The van der Waals surface area contributed by atoms with E-state index in [-0.39, 0.29) is 17.9 Å². The Morgan fingerprint density at radius 1 is 0.978 bits per heavy atom. The molecular weight excluding hydrogens is 584 g/mol. The molecular formula is C35H48N6O5. The van der Waals surface area contributed by atoms with Crippen LogP contribution < -0.4 is 10.2 Å². The van der Waals surface area contributed by atoms with Crippen molar-refractivity contribution in [3.8, 4) is 0 Å². The van der Waals surface area contributed by atoms with E-state index in [2.05, 4.69) is 33.3 Å². The second kappa shape index (κ2) is 13.3. The number of nitrogens with one attached hydrogen (secondary N) is 2. The van der Waals surface area contributed by atoms with E-state index < -0.39 is 17.3 Å². The first-order valence-corrected chi connectivity index (χ1v) is 16.2. The van der Waals surface area contributed by atoms with E-state index in [0.717, 1.165) is 29.6 Å². The Morgan fingerprint density at radius 2 is 1.70 bits per heavy atom. The van der Waals surface area contributed by atoms with Crippen molar-refractivity contribution in [2.24, 2.45) is 5.92 Å². The molecule has 2 saturated heterocycles. The number of nitrogens with zero attached hydrogens (tertiary/aromatic N) is 4. The molecule has 0 saturated carbocycles. The summed E-state index contributed by atoms with van der Waals surface area (Å²) in [6.07, 6.45) is 4.68. The van der Waals surface area contributed by atoms with Crippen molar-refractivity contribution in [3.63, 3.8) is 0 Å². The van der Waals surface area contributed by atoms with Crippen LogP contribution in [0.5, 0.6) is 0 Å². The topological polar surface area (TPSA) is 120 Å². The SMILES string of the molecule is CN1CCCC1c1cc2cnc(NC(=O)c3cccc(N(CC4CCN(C(=O)OC(C)(C)C)CC4)C(=O)OC(C)(C)C)c3)cc2[nH]1. The van der Waals surface area contributed by atoms with Gasteiger partial charge in [0, 0.05) is 60.3 Å². The number of likely N-dealkylation sites (tertiary alicyclic amines) is 2. The van der Waals surface area contributed by atoms with Gasteiger partial charge >= 0.3 is 12.2 Å². The van der Waals surface area contributed by atoms with Crippen molar-refractivity contribution in [3.05, 3.63) is 53.9 Å². The standard InChI is InChI=1S/C35H48N6O5/c1-34(2,3)45-32(43)40-16-13-23(14-17-40)22-41(33(44)46-35(4,5)6)26-11-8-10-24(18-26)31(42)38-30-20-27-25(21-36-30)19-28(37-27)29-12-9-15-39(29)7/h8,10-11,18-21,23,29,37H,9,12-17,22H2,1-7H3,(H,36,38,42). The molecule has 1 unspecified atom stereocenters. The Morgan fingerprint density at radius 3 is 2.35 bits per heavy atom. The quantitative estimate of drug-likeness (QED) is 0.301. The number of ether oxygens (including phenoxy) is 2. The monoisotopic (exact) mass is 632 g/mol. The summed E-state index contributed by atoms with van der Waals surface area (Å²) < 4.78 is 11.3. The lowest BCUT2D eigenvalue weighted by Gasteiger charge is -2.36. The van der Waals surface area contributed by atoms with E-state index in [1.807, 2.05) is 47.6 Å². The summed E-state index contributed by atoms with van der Waals surface area (Å²) in [7, 11) is 2.14. The maximum absolute atomic E-state index is 13.5. The minimum absolute atomic E-state index is 0.134. The summed E-state index contributed by atoms with van der Waals surface area (Å²) >= 11 is 0. The van der Waals surface area contributed by atoms with E-state index in [9.17, 15) is 14.4 Å². The predicted molar refractivity (Wildman–Crippen MR) is 179 cm³/mol. The Labute approximate surface area is 271 Å². The van der Waals surface area contributed by atoms with Gasteiger partial charge in [0.1, 0.15) is 17.0 Å². The number of pyridine rings is 1. The van der Waals surface area contributed by atoms with E-state index in [1.54, 1.807) is 40.3 Å². The van der Waals surface area contributed by atoms with Crippen molar-refractivity contribution < 1.29 is 23.9 Å². The van der Waals surface area contributed by atoms with Gasteiger partial charge in [0.15, 0.2) is 0 Å². The number of benzene rings is 1. The fourth-order valence-electron chi connectivity index (χ4n) is 6.09. The zero-order chi connectivity index (χ0) is 33.2. The van der Waals surface area contributed by atoms with Crippen molar-refractivity contribution in [1.29, 1.82) is 0 Å². The summed E-state index contributed by atoms with van der Waals surface area (Å²) in [6.45, 7) is 13.6. The molecule has 5 rings (SSSR count). The average Bonchev–Trinajstić information content (AvgIpc) is 3.59. The zero-order valence-corrected chi connectivity index (χ0v) is 28.2. The highest BCUT2D eigenvalue weighted by molar-refractivity contribution is 6.05. The highest BCUT2D eigenvalue weighted by atomic mass is 16.6. The molecule has 0 spiro atoms. The average molecular weight is 633 g/mol. The van der Waals surface area contributed by atoms with Gasteiger partial charge in [-0.15, -0.1) is 0 Å². The van der Waals surface area contributed by atoms with E-state index in [4.69, 9.17) is 9.47 Å². The number of aromatic amines is 1. The van der Waals surface area contributed by atoms with Crippen molar-refractivity contribution in [2.75, 3.05) is 43.4 Å². The van der Waals surface area contributed by atoms with Gasteiger partial charge in [0.25, 0.3) is 5.91 Å². The van der Waals surface area contributed by atoms with Crippen molar-refractivity contribution >= 4 is 40.5 Å². The van der Waals surface area contributed by atoms with Crippen LogP contribution in [0.3, 0.4) is 0 Å². The van der Waals surface area contributed by atoms with Gasteiger partial charge in [-0.1, -0.05) is 6.07 Å². The maximum Gasteiger partial charge on any atom is 0.414 e. The third kappa shape index (κ3) is 8.37. The number of carbonyl (C=O) groups is 3. The lowest BCUT2D eigenvalue weighted by atomic mass is 9.96. The smallest absolute Gasteiger partial charge is 0.414 e. The van der Waals surface area contributed by atoms with E-state index >= 15 is 0 Å². The number of piperidine rings is 1. The molecule has 0 aliphatic carbocycles. The third-order valence-electron chi connectivity index (χ3n) is 8.39. The van der Waals surface area contributed by atoms with Crippen LogP contribution in [-0.2, 0) is 9.47 Å². The zero-order valence-electron chi connectivity index (χ0n) is 28.2. The minimum atomic E-state index is -0.695. The Hall–Kier alpha value is -4.12. The van der Waals surface area contributed by atoms with Gasteiger partial charge < -0.3 is 24.7 Å². The largest absolute Gasteiger partial charge is 0.444 e. The second-order valence-electron chi connectivity index (χ2n) is 14.5. The highest BCUT2D eigenvalue weighted by Gasteiger charge is 2.31. The Bertz CT molecular complexity index is 1560. The molecule has 2 aromatic heterocycles. The highest BCUT2D eigenvalue weighted by Crippen LogP contribution is 2.32. The molecule has 0 radical (unpaired) electrons.